The van der Waals surface area contributed by atoms with E-state index < -0.39 is 23.8 Å². The summed E-state index contributed by atoms with van der Waals surface area (Å²) in [4.78, 5) is 28.8. The maximum Gasteiger partial charge on any atom is 0.270 e. The van der Waals surface area contributed by atoms with E-state index in [1.165, 1.54) is 6.20 Å². The lowest BCUT2D eigenvalue weighted by atomic mass is 9.84. The molecule has 0 fully saturated rings. The number of aromatic nitrogens is 1. The molecular formula is C21H19N3O2. The highest BCUT2D eigenvalue weighted by molar-refractivity contribution is 5.96. The van der Waals surface area contributed by atoms with Gasteiger partial charge in [-0.15, -0.1) is 0 Å². The number of hydrogen-bond acceptors (Lipinski definition) is 3. The zero-order valence-corrected chi connectivity index (χ0v) is 14.1. The number of rotatable bonds is 6. The summed E-state index contributed by atoms with van der Waals surface area (Å²) in [6.07, 6.45) is 1.53. The first-order valence-electron chi connectivity index (χ1n) is 8.28. The van der Waals surface area contributed by atoms with Crippen LogP contribution >= 0.6 is 0 Å². The van der Waals surface area contributed by atoms with E-state index in [-0.39, 0.29) is 5.69 Å². The van der Waals surface area contributed by atoms with Crippen molar-refractivity contribution in [2.75, 3.05) is 0 Å². The quantitative estimate of drug-likeness (QED) is 0.720. The molecule has 3 aromatic rings. The molecule has 1 atom stereocenters. The van der Waals surface area contributed by atoms with Gasteiger partial charge < -0.3 is 11.1 Å². The summed E-state index contributed by atoms with van der Waals surface area (Å²) in [6.45, 7) is 0. The van der Waals surface area contributed by atoms with Crippen LogP contribution in [0.2, 0.25) is 0 Å². The predicted octanol–water partition coefficient (Wildman–Crippen LogP) is 2.50. The molecule has 0 aliphatic heterocycles. The molecule has 3 rings (SSSR count). The third-order valence-electron chi connectivity index (χ3n) is 4.14. The van der Waals surface area contributed by atoms with Gasteiger partial charge in [-0.25, -0.2) is 0 Å². The molecule has 5 nitrogen and oxygen atoms in total. The number of carbonyl (C=O) groups is 2. The summed E-state index contributed by atoms with van der Waals surface area (Å²) in [5.74, 6) is -1.44. The largest absolute Gasteiger partial charge is 0.368 e. The maximum atomic E-state index is 12.5. The summed E-state index contributed by atoms with van der Waals surface area (Å²) in [7, 11) is 0. The van der Waals surface area contributed by atoms with Gasteiger partial charge in [0.25, 0.3) is 5.91 Å². The van der Waals surface area contributed by atoms with E-state index in [2.05, 4.69) is 10.3 Å². The molecule has 0 bridgehead atoms. The fourth-order valence-corrected chi connectivity index (χ4v) is 2.93. The fourth-order valence-electron chi connectivity index (χ4n) is 2.93. The molecule has 0 unspecified atom stereocenters. The summed E-state index contributed by atoms with van der Waals surface area (Å²) in [5.41, 5.74) is 7.68. The highest BCUT2D eigenvalue weighted by Gasteiger charge is 2.31. The number of benzene rings is 2. The van der Waals surface area contributed by atoms with Crippen LogP contribution in [0, 0.1) is 0 Å². The monoisotopic (exact) mass is 345 g/mol. The van der Waals surface area contributed by atoms with Crippen molar-refractivity contribution in [3.8, 4) is 0 Å². The van der Waals surface area contributed by atoms with Crippen LogP contribution in [-0.4, -0.2) is 22.8 Å². The van der Waals surface area contributed by atoms with Gasteiger partial charge in [0.1, 0.15) is 11.7 Å². The van der Waals surface area contributed by atoms with Crippen LogP contribution in [0.3, 0.4) is 0 Å². The molecule has 2 aromatic carbocycles. The molecule has 1 aromatic heterocycles. The molecule has 130 valence electrons. The second kappa shape index (κ2) is 8.07. The van der Waals surface area contributed by atoms with E-state index in [4.69, 9.17) is 5.73 Å². The van der Waals surface area contributed by atoms with Crippen molar-refractivity contribution in [3.63, 3.8) is 0 Å². The Labute approximate surface area is 151 Å². The molecule has 0 saturated heterocycles. The van der Waals surface area contributed by atoms with Crippen molar-refractivity contribution in [1.82, 2.24) is 10.3 Å². The van der Waals surface area contributed by atoms with Crippen molar-refractivity contribution in [2.45, 2.75) is 12.0 Å². The highest BCUT2D eigenvalue weighted by atomic mass is 16.2. The van der Waals surface area contributed by atoms with E-state index in [0.717, 1.165) is 11.1 Å². The first kappa shape index (κ1) is 17.4. The average molecular weight is 345 g/mol. The first-order chi connectivity index (χ1) is 12.7. The third kappa shape index (κ3) is 3.95. The van der Waals surface area contributed by atoms with E-state index >= 15 is 0 Å². The smallest absolute Gasteiger partial charge is 0.270 e. The van der Waals surface area contributed by atoms with Gasteiger partial charge in [0.15, 0.2) is 0 Å². The van der Waals surface area contributed by atoms with Crippen molar-refractivity contribution >= 4 is 11.8 Å². The Hall–Kier alpha value is -3.47. The lowest BCUT2D eigenvalue weighted by molar-refractivity contribution is -0.120. The summed E-state index contributed by atoms with van der Waals surface area (Å²) < 4.78 is 0. The predicted molar refractivity (Wildman–Crippen MR) is 99.4 cm³/mol. The van der Waals surface area contributed by atoms with Gasteiger partial charge in [-0.2, -0.15) is 0 Å². The molecule has 0 radical (unpaired) electrons. The number of hydrogen-bond donors (Lipinski definition) is 2. The number of amides is 2. The molecule has 0 aliphatic carbocycles. The minimum absolute atomic E-state index is 0.235. The fraction of sp³-hybridized carbons (Fsp3) is 0.0952. The molecule has 26 heavy (non-hydrogen) atoms. The number of carbonyl (C=O) groups excluding carboxylic acids is 2. The van der Waals surface area contributed by atoms with Crippen LogP contribution in [0.15, 0.2) is 85.1 Å². The van der Waals surface area contributed by atoms with Crippen LogP contribution in [0.25, 0.3) is 0 Å². The van der Waals surface area contributed by atoms with Gasteiger partial charge in [-0.3, -0.25) is 14.6 Å². The van der Waals surface area contributed by atoms with Gasteiger partial charge in [0.05, 0.1) is 0 Å². The Kier molecular flexibility index (Phi) is 5.39. The third-order valence-corrected chi connectivity index (χ3v) is 4.14. The summed E-state index contributed by atoms with van der Waals surface area (Å²) >= 11 is 0. The number of primary amides is 1. The Morgan fingerprint density at radius 3 is 1.81 bits per heavy atom. The topological polar surface area (TPSA) is 85.1 Å². The molecule has 5 heteroatoms. The molecule has 1 heterocycles. The van der Waals surface area contributed by atoms with E-state index in [9.17, 15) is 9.59 Å². The number of nitrogens with zero attached hydrogens (tertiary/aromatic N) is 1. The zero-order valence-electron chi connectivity index (χ0n) is 14.1. The molecule has 0 aliphatic rings. The molecule has 3 N–H and O–H groups in total. The molecule has 0 saturated carbocycles. The van der Waals surface area contributed by atoms with Crippen LogP contribution in [0.5, 0.6) is 0 Å². The van der Waals surface area contributed by atoms with E-state index in [0.29, 0.717) is 0 Å². The average Bonchev–Trinajstić information content (AvgIpc) is 2.69. The number of pyridine rings is 1. The zero-order chi connectivity index (χ0) is 18.4. The van der Waals surface area contributed by atoms with Gasteiger partial charge >= 0.3 is 0 Å². The van der Waals surface area contributed by atoms with E-state index in [1.807, 2.05) is 60.7 Å². The summed E-state index contributed by atoms with van der Waals surface area (Å²) in [5, 5.41) is 2.75. The van der Waals surface area contributed by atoms with Crippen LogP contribution < -0.4 is 11.1 Å². The van der Waals surface area contributed by atoms with Crippen molar-refractivity contribution in [3.05, 3.63) is 102 Å². The Balaban J connectivity index is 1.99. The number of nitrogens with two attached hydrogens (primary N) is 1. The first-order valence-corrected chi connectivity index (χ1v) is 8.28. The highest BCUT2D eigenvalue weighted by Crippen LogP contribution is 2.28. The van der Waals surface area contributed by atoms with Crippen molar-refractivity contribution < 1.29 is 9.59 Å². The van der Waals surface area contributed by atoms with Crippen LogP contribution in [0.1, 0.15) is 27.5 Å². The van der Waals surface area contributed by atoms with Gasteiger partial charge in [0, 0.05) is 12.1 Å². The van der Waals surface area contributed by atoms with Gasteiger partial charge in [0.2, 0.25) is 5.91 Å². The standard InChI is InChI=1S/C21H19N3O2/c22-20(25)19(24-21(26)17-13-7-8-14-23-17)18(15-9-3-1-4-10-15)16-11-5-2-6-12-16/h1-14,18-19H,(H2,22,25)(H,24,26)/t19-/m1/s1. The molecule has 0 spiro atoms. The SMILES string of the molecule is NC(=O)[C@H](NC(=O)c1ccccn1)C(c1ccccc1)c1ccccc1. The maximum absolute atomic E-state index is 12.5. The lowest BCUT2D eigenvalue weighted by Gasteiger charge is -2.26. The van der Waals surface area contributed by atoms with Gasteiger partial charge in [-0.1, -0.05) is 66.7 Å². The van der Waals surface area contributed by atoms with Crippen LogP contribution in [0.4, 0.5) is 0 Å². The van der Waals surface area contributed by atoms with Gasteiger partial charge in [-0.05, 0) is 23.3 Å². The van der Waals surface area contributed by atoms with E-state index in [1.54, 1.807) is 18.2 Å². The lowest BCUT2D eigenvalue weighted by Crippen LogP contribution is -2.48. The van der Waals surface area contributed by atoms with Crippen molar-refractivity contribution in [2.24, 2.45) is 5.73 Å². The minimum Gasteiger partial charge on any atom is -0.368 e. The van der Waals surface area contributed by atoms with Crippen molar-refractivity contribution in [1.29, 1.82) is 0 Å². The second-order valence-corrected chi connectivity index (χ2v) is 5.87. The molecular weight excluding hydrogens is 326 g/mol. The molecule has 2 amide bonds. The second-order valence-electron chi connectivity index (χ2n) is 5.87. The van der Waals surface area contributed by atoms with Crippen LogP contribution in [-0.2, 0) is 4.79 Å². The Morgan fingerprint density at radius 2 is 1.35 bits per heavy atom. The summed E-state index contributed by atoms with van der Waals surface area (Å²) in [6, 6.07) is 23.2. The normalized spacial score (nSPS) is 11.7. The Bertz CT molecular complexity index is 828. The number of nitrogens with one attached hydrogen (secondary N) is 1. The minimum atomic E-state index is -0.908. The Morgan fingerprint density at radius 1 is 0.808 bits per heavy atom.